The number of hydrogen-bond donors (Lipinski definition) is 2. The molecule has 0 atom stereocenters. The van der Waals surface area contributed by atoms with Crippen LogP contribution in [0, 0.1) is 5.92 Å². The van der Waals surface area contributed by atoms with Gasteiger partial charge in [0.2, 0.25) is 0 Å². The van der Waals surface area contributed by atoms with Crippen molar-refractivity contribution in [1.29, 1.82) is 0 Å². The molecule has 1 aliphatic rings. The lowest BCUT2D eigenvalue weighted by molar-refractivity contribution is 0.212. The van der Waals surface area contributed by atoms with Crippen molar-refractivity contribution in [3.05, 3.63) is 24.3 Å². The second kappa shape index (κ2) is 5.08. The van der Waals surface area contributed by atoms with Crippen molar-refractivity contribution in [1.82, 2.24) is 4.90 Å². The maximum atomic E-state index is 12.0. The number of nitrogens with zero attached hydrogens (tertiary/aromatic N) is 1. The molecule has 1 aromatic carbocycles. The van der Waals surface area contributed by atoms with Gasteiger partial charge in [0.1, 0.15) is 0 Å². The number of urea groups is 1. The molecule has 1 aromatic rings. The number of nitrogens with one attached hydrogen (secondary N) is 1. The Labute approximate surface area is 102 Å². The Balaban J connectivity index is 1.91. The Morgan fingerprint density at radius 3 is 2.59 bits per heavy atom. The number of hydrogen-bond acceptors (Lipinski definition) is 2. The van der Waals surface area contributed by atoms with Crippen LogP contribution in [0.5, 0.6) is 0 Å². The van der Waals surface area contributed by atoms with Gasteiger partial charge < -0.3 is 16.0 Å². The van der Waals surface area contributed by atoms with E-state index in [1.807, 2.05) is 24.0 Å². The van der Waals surface area contributed by atoms with E-state index in [0.717, 1.165) is 18.8 Å². The molecule has 4 heteroatoms. The van der Waals surface area contributed by atoms with Crippen LogP contribution in [0.1, 0.15) is 19.8 Å². The number of carbonyl (C=O) groups is 1. The molecule has 0 heterocycles. The van der Waals surface area contributed by atoms with Gasteiger partial charge in [-0.2, -0.15) is 0 Å². The zero-order chi connectivity index (χ0) is 12.3. The lowest BCUT2D eigenvalue weighted by Crippen LogP contribution is -2.36. The molecule has 1 aliphatic carbocycles. The van der Waals surface area contributed by atoms with Crippen molar-refractivity contribution in [2.45, 2.75) is 19.8 Å². The van der Waals surface area contributed by atoms with E-state index in [-0.39, 0.29) is 6.03 Å². The van der Waals surface area contributed by atoms with Gasteiger partial charge >= 0.3 is 6.03 Å². The van der Waals surface area contributed by atoms with E-state index in [4.69, 9.17) is 5.73 Å². The summed E-state index contributed by atoms with van der Waals surface area (Å²) < 4.78 is 0. The van der Waals surface area contributed by atoms with Crippen LogP contribution in [0.2, 0.25) is 0 Å². The first-order valence-electron chi connectivity index (χ1n) is 6.10. The molecule has 4 nitrogen and oxygen atoms in total. The van der Waals surface area contributed by atoms with Crippen LogP contribution in [-0.4, -0.2) is 24.0 Å². The number of benzene rings is 1. The lowest BCUT2D eigenvalue weighted by Gasteiger charge is -2.21. The molecule has 92 valence electrons. The van der Waals surface area contributed by atoms with E-state index in [1.165, 1.54) is 12.8 Å². The summed E-state index contributed by atoms with van der Waals surface area (Å²) in [5.74, 6) is 0.715. The summed E-state index contributed by atoms with van der Waals surface area (Å²) in [4.78, 5) is 13.8. The lowest BCUT2D eigenvalue weighted by atomic mass is 10.3. The van der Waals surface area contributed by atoms with Gasteiger partial charge in [-0.05, 0) is 49.9 Å². The van der Waals surface area contributed by atoms with Gasteiger partial charge in [-0.3, -0.25) is 0 Å². The molecular weight excluding hydrogens is 214 g/mol. The number of rotatable bonds is 4. The SMILES string of the molecule is CCN(CC1CC1)C(=O)Nc1ccc(N)cc1. The van der Waals surface area contributed by atoms with Crippen molar-refractivity contribution < 1.29 is 4.79 Å². The summed E-state index contributed by atoms with van der Waals surface area (Å²) in [5, 5.41) is 2.88. The molecule has 0 bridgehead atoms. The van der Waals surface area contributed by atoms with Crippen molar-refractivity contribution >= 4 is 17.4 Å². The average molecular weight is 233 g/mol. The first kappa shape index (κ1) is 11.8. The van der Waals surface area contributed by atoms with Gasteiger partial charge in [-0.15, -0.1) is 0 Å². The Bertz CT molecular complexity index is 384. The fraction of sp³-hybridized carbons (Fsp3) is 0.462. The first-order valence-corrected chi connectivity index (χ1v) is 6.10. The summed E-state index contributed by atoms with van der Waals surface area (Å²) >= 11 is 0. The third kappa shape index (κ3) is 3.37. The maximum Gasteiger partial charge on any atom is 0.321 e. The molecular formula is C13H19N3O. The number of carbonyl (C=O) groups excluding carboxylic acids is 1. The molecule has 0 unspecified atom stereocenters. The molecule has 2 amide bonds. The zero-order valence-electron chi connectivity index (χ0n) is 10.1. The Kier molecular flexibility index (Phi) is 3.52. The highest BCUT2D eigenvalue weighted by molar-refractivity contribution is 5.89. The largest absolute Gasteiger partial charge is 0.399 e. The van der Waals surface area contributed by atoms with E-state index in [0.29, 0.717) is 11.6 Å². The minimum absolute atomic E-state index is 0.0239. The minimum atomic E-state index is -0.0239. The summed E-state index contributed by atoms with van der Waals surface area (Å²) in [6.07, 6.45) is 2.51. The Morgan fingerprint density at radius 1 is 1.41 bits per heavy atom. The van der Waals surface area contributed by atoms with E-state index < -0.39 is 0 Å². The molecule has 0 aliphatic heterocycles. The normalized spacial score (nSPS) is 14.4. The van der Waals surface area contributed by atoms with E-state index in [9.17, 15) is 4.79 Å². The van der Waals surface area contributed by atoms with Gasteiger partial charge in [0.05, 0.1) is 0 Å². The molecule has 2 rings (SSSR count). The summed E-state index contributed by atoms with van der Waals surface area (Å²) in [5.41, 5.74) is 7.09. The quantitative estimate of drug-likeness (QED) is 0.785. The number of amides is 2. The van der Waals surface area contributed by atoms with Crippen LogP contribution in [0.25, 0.3) is 0 Å². The molecule has 17 heavy (non-hydrogen) atoms. The summed E-state index contributed by atoms with van der Waals surface area (Å²) in [6, 6.07) is 7.18. The Hall–Kier alpha value is -1.71. The van der Waals surface area contributed by atoms with Crippen molar-refractivity contribution in [3.63, 3.8) is 0 Å². The minimum Gasteiger partial charge on any atom is -0.399 e. The predicted octanol–water partition coefficient (Wildman–Crippen LogP) is 2.53. The molecule has 1 saturated carbocycles. The molecule has 0 saturated heterocycles. The fourth-order valence-electron chi connectivity index (χ4n) is 1.74. The van der Waals surface area contributed by atoms with Gasteiger partial charge in [-0.1, -0.05) is 0 Å². The number of nitrogens with two attached hydrogens (primary N) is 1. The van der Waals surface area contributed by atoms with Crippen LogP contribution in [0.4, 0.5) is 16.2 Å². The van der Waals surface area contributed by atoms with Crippen molar-refractivity contribution in [2.75, 3.05) is 24.1 Å². The third-order valence-electron chi connectivity index (χ3n) is 3.01. The predicted molar refractivity (Wildman–Crippen MR) is 69.8 cm³/mol. The molecule has 0 spiro atoms. The van der Waals surface area contributed by atoms with Gasteiger partial charge in [-0.25, -0.2) is 4.79 Å². The molecule has 3 N–H and O–H groups in total. The zero-order valence-corrected chi connectivity index (χ0v) is 10.1. The highest BCUT2D eigenvalue weighted by Gasteiger charge is 2.25. The smallest absolute Gasteiger partial charge is 0.321 e. The van der Waals surface area contributed by atoms with Crippen LogP contribution < -0.4 is 11.1 Å². The number of nitrogen functional groups attached to an aromatic ring is 1. The Morgan fingerprint density at radius 2 is 2.06 bits per heavy atom. The number of anilines is 2. The van der Waals surface area contributed by atoms with Crippen molar-refractivity contribution in [2.24, 2.45) is 5.92 Å². The molecule has 1 fully saturated rings. The van der Waals surface area contributed by atoms with Crippen LogP contribution in [-0.2, 0) is 0 Å². The third-order valence-corrected chi connectivity index (χ3v) is 3.01. The highest BCUT2D eigenvalue weighted by atomic mass is 16.2. The maximum absolute atomic E-state index is 12.0. The van der Waals surface area contributed by atoms with Crippen molar-refractivity contribution in [3.8, 4) is 0 Å². The van der Waals surface area contributed by atoms with Crippen LogP contribution >= 0.6 is 0 Å². The van der Waals surface area contributed by atoms with E-state index >= 15 is 0 Å². The molecule has 0 radical (unpaired) electrons. The topological polar surface area (TPSA) is 58.4 Å². The van der Waals surface area contributed by atoms with Gasteiger partial charge in [0.25, 0.3) is 0 Å². The highest BCUT2D eigenvalue weighted by Crippen LogP contribution is 2.29. The van der Waals surface area contributed by atoms with Crippen LogP contribution in [0.15, 0.2) is 24.3 Å². The van der Waals surface area contributed by atoms with E-state index in [2.05, 4.69) is 5.32 Å². The fourth-order valence-corrected chi connectivity index (χ4v) is 1.74. The van der Waals surface area contributed by atoms with E-state index in [1.54, 1.807) is 12.1 Å². The van der Waals surface area contributed by atoms with Gasteiger partial charge in [0.15, 0.2) is 0 Å². The first-order chi connectivity index (χ1) is 8.19. The van der Waals surface area contributed by atoms with Crippen LogP contribution in [0.3, 0.4) is 0 Å². The summed E-state index contributed by atoms with van der Waals surface area (Å²) in [7, 11) is 0. The average Bonchev–Trinajstić information content (AvgIpc) is 3.13. The second-order valence-corrected chi connectivity index (χ2v) is 4.53. The standard InChI is InChI=1S/C13H19N3O/c1-2-16(9-10-3-4-10)13(17)15-12-7-5-11(14)6-8-12/h5-8,10H,2-4,9,14H2,1H3,(H,15,17). The monoisotopic (exact) mass is 233 g/mol. The van der Waals surface area contributed by atoms with Gasteiger partial charge in [0, 0.05) is 24.5 Å². The molecule has 0 aromatic heterocycles. The summed E-state index contributed by atoms with van der Waals surface area (Å²) in [6.45, 7) is 3.62. The second-order valence-electron chi connectivity index (χ2n) is 4.53.